The summed E-state index contributed by atoms with van der Waals surface area (Å²) in [6.07, 6.45) is 3.25. The van der Waals surface area contributed by atoms with Crippen LogP contribution in [0.2, 0.25) is 0 Å². The zero-order valence-corrected chi connectivity index (χ0v) is 18.1. The number of nitrogens with zero attached hydrogens (tertiary/aromatic N) is 1. The van der Waals surface area contributed by atoms with Crippen molar-refractivity contribution in [3.05, 3.63) is 59.7 Å². The van der Waals surface area contributed by atoms with Crippen molar-refractivity contribution in [2.75, 3.05) is 6.61 Å². The first-order chi connectivity index (χ1) is 14.5. The molecule has 1 aliphatic rings. The topological polar surface area (TPSA) is 79.2 Å². The number of amides is 1. The maximum Gasteiger partial charge on any atom is 0.339 e. The van der Waals surface area contributed by atoms with Crippen molar-refractivity contribution < 1.29 is 14.3 Å². The largest absolute Gasteiger partial charge is 0.452 e. The van der Waals surface area contributed by atoms with Gasteiger partial charge in [-0.3, -0.25) is 4.79 Å². The minimum absolute atomic E-state index is 0.130. The number of ether oxygens (including phenoxy) is 1. The monoisotopic (exact) mass is 422 g/mol. The number of nitriles is 1. The summed E-state index contributed by atoms with van der Waals surface area (Å²) in [6, 6.07) is 16.6. The molecule has 2 aromatic carbocycles. The third-order valence-corrected chi connectivity index (χ3v) is 6.87. The Kier molecular flexibility index (Phi) is 7.53. The molecule has 1 N–H and O–H groups in total. The van der Waals surface area contributed by atoms with Crippen LogP contribution in [-0.2, 0) is 9.53 Å². The summed E-state index contributed by atoms with van der Waals surface area (Å²) in [5, 5.41) is 12.3. The smallest absolute Gasteiger partial charge is 0.339 e. The quantitative estimate of drug-likeness (QED) is 0.676. The Bertz CT molecular complexity index is 953. The second kappa shape index (κ2) is 10.3. The molecule has 0 aromatic heterocycles. The van der Waals surface area contributed by atoms with E-state index in [0.717, 1.165) is 17.7 Å². The van der Waals surface area contributed by atoms with Gasteiger partial charge in [0.2, 0.25) is 0 Å². The molecule has 1 aliphatic carbocycles. The van der Waals surface area contributed by atoms with Crippen molar-refractivity contribution in [1.82, 2.24) is 5.32 Å². The maximum absolute atomic E-state index is 12.6. The summed E-state index contributed by atoms with van der Waals surface area (Å²) in [5.74, 6) is 0.171. The molecule has 1 fully saturated rings. The molecule has 0 radical (unpaired) electrons. The first kappa shape index (κ1) is 21.9. The van der Waals surface area contributed by atoms with Crippen LogP contribution in [-0.4, -0.2) is 24.5 Å². The number of carbonyl (C=O) groups is 2. The highest BCUT2D eigenvalue weighted by molar-refractivity contribution is 7.99. The minimum atomic E-state index is -0.548. The van der Waals surface area contributed by atoms with Crippen LogP contribution in [0.4, 0.5) is 0 Å². The van der Waals surface area contributed by atoms with Crippen molar-refractivity contribution in [1.29, 1.82) is 5.26 Å². The molecule has 0 unspecified atom stereocenters. The predicted octanol–water partition coefficient (Wildman–Crippen LogP) is 4.81. The molecule has 0 saturated heterocycles. The molecule has 0 heterocycles. The summed E-state index contributed by atoms with van der Waals surface area (Å²) >= 11 is 1.33. The van der Waals surface area contributed by atoms with E-state index >= 15 is 0 Å². The van der Waals surface area contributed by atoms with Crippen molar-refractivity contribution >= 4 is 23.6 Å². The summed E-state index contributed by atoms with van der Waals surface area (Å²) in [4.78, 5) is 26.4. The van der Waals surface area contributed by atoms with Crippen LogP contribution in [0.5, 0.6) is 0 Å². The van der Waals surface area contributed by atoms with E-state index in [-0.39, 0.29) is 18.6 Å². The molecule has 3 atom stereocenters. The van der Waals surface area contributed by atoms with Gasteiger partial charge in [-0.1, -0.05) is 62.7 Å². The lowest BCUT2D eigenvalue weighted by atomic mass is 9.78. The van der Waals surface area contributed by atoms with E-state index in [1.54, 1.807) is 30.3 Å². The number of hydrogen-bond acceptors (Lipinski definition) is 5. The van der Waals surface area contributed by atoms with Crippen LogP contribution >= 0.6 is 11.8 Å². The zero-order valence-electron chi connectivity index (χ0n) is 17.3. The molecular weight excluding hydrogens is 396 g/mol. The Hall–Kier alpha value is -2.78. The number of carbonyl (C=O) groups excluding carboxylic acids is 2. The van der Waals surface area contributed by atoms with Gasteiger partial charge in [0.1, 0.15) is 6.07 Å². The lowest BCUT2D eigenvalue weighted by Gasteiger charge is -2.34. The Labute approximate surface area is 181 Å². The summed E-state index contributed by atoms with van der Waals surface area (Å²) in [7, 11) is 0. The van der Waals surface area contributed by atoms with E-state index in [1.807, 2.05) is 18.2 Å². The van der Waals surface area contributed by atoms with Gasteiger partial charge in [0.15, 0.2) is 6.61 Å². The zero-order chi connectivity index (χ0) is 21.5. The first-order valence-electron chi connectivity index (χ1n) is 10.2. The van der Waals surface area contributed by atoms with Crippen LogP contribution in [0.3, 0.4) is 0 Å². The van der Waals surface area contributed by atoms with Crippen LogP contribution in [0.1, 0.15) is 49.0 Å². The third-order valence-electron chi connectivity index (χ3n) is 5.72. The van der Waals surface area contributed by atoms with E-state index in [1.165, 1.54) is 18.2 Å². The van der Waals surface area contributed by atoms with E-state index in [0.29, 0.717) is 27.9 Å². The Morgan fingerprint density at radius 1 is 1.10 bits per heavy atom. The maximum atomic E-state index is 12.6. The van der Waals surface area contributed by atoms with Gasteiger partial charge in [-0.15, -0.1) is 0 Å². The average Bonchev–Trinajstić information content (AvgIpc) is 2.76. The Morgan fingerprint density at radius 3 is 2.57 bits per heavy atom. The second-order valence-electron chi connectivity index (χ2n) is 7.72. The molecule has 0 bridgehead atoms. The second-order valence-corrected chi connectivity index (χ2v) is 8.81. The number of esters is 1. The molecule has 1 amide bonds. The predicted molar refractivity (Wildman–Crippen MR) is 116 cm³/mol. The fraction of sp³-hybridized carbons (Fsp3) is 0.375. The van der Waals surface area contributed by atoms with Crippen LogP contribution in [0, 0.1) is 23.2 Å². The van der Waals surface area contributed by atoms with Gasteiger partial charge in [0.25, 0.3) is 5.91 Å². The Balaban J connectivity index is 1.62. The molecule has 2 aromatic rings. The summed E-state index contributed by atoms with van der Waals surface area (Å²) in [5.41, 5.74) is 0.920. The van der Waals surface area contributed by atoms with Crippen molar-refractivity contribution in [3.63, 3.8) is 0 Å². The van der Waals surface area contributed by atoms with Gasteiger partial charge in [0, 0.05) is 15.8 Å². The van der Waals surface area contributed by atoms with Crippen molar-refractivity contribution in [2.45, 2.75) is 48.9 Å². The van der Waals surface area contributed by atoms with Gasteiger partial charge in [-0.05, 0) is 42.5 Å². The molecule has 1 saturated carbocycles. The number of hydrogen-bond donors (Lipinski definition) is 1. The van der Waals surface area contributed by atoms with Crippen LogP contribution in [0.25, 0.3) is 0 Å². The molecule has 6 heteroatoms. The number of benzene rings is 2. The summed E-state index contributed by atoms with van der Waals surface area (Å²) < 4.78 is 5.30. The molecule has 3 rings (SSSR count). The number of nitrogens with one attached hydrogen (secondary N) is 1. The molecule has 5 nitrogen and oxygen atoms in total. The summed E-state index contributed by atoms with van der Waals surface area (Å²) in [6.45, 7) is 4.07. The molecule has 0 aliphatic heterocycles. The molecule has 0 spiro atoms. The van der Waals surface area contributed by atoms with Crippen molar-refractivity contribution in [2.24, 2.45) is 11.8 Å². The van der Waals surface area contributed by atoms with Gasteiger partial charge in [0.05, 0.1) is 11.1 Å². The fourth-order valence-electron chi connectivity index (χ4n) is 3.73. The van der Waals surface area contributed by atoms with Gasteiger partial charge in [-0.2, -0.15) is 5.26 Å². The SMILES string of the molecule is C[C@@H]1[C@H](C)CCC[C@H]1NC(=O)COC(=O)c1ccccc1Sc1ccccc1C#N. The molecular formula is C24H26N2O3S. The first-order valence-corrected chi connectivity index (χ1v) is 11.0. The van der Waals surface area contributed by atoms with E-state index in [9.17, 15) is 14.9 Å². The van der Waals surface area contributed by atoms with E-state index in [4.69, 9.17) is 4.74 Å². The standard InChI is InChI=1S/C24H26N2O3S/c1-16-8-7-11-20(17(16)2)26-23(27)15-29-24(28)19-10-4-6-13-22(19)30-21-12-5-3-9-18(21)14-25/h3-6,9-10,12-13,16-17,20H,7-8,11,15H2,1-2H3,(H,26,27)/t16-,17-,20-/m1/s1. The van der Waals surface area contributed by atoms with Gasteiger partial charge in [-0.25, -0.2) is 4.79 Å². The third kappa shape index (κ3) is 5.43. The minimum Gasteiger partial charge on any atom is -0.452 e. The highest BCUT2D eigenvalue weighted by Crippen LogP contribution is 2.33. The van der Waals surface area contributed by atoms with E-state index < -0.39 is 5.97 Å². The molecule has 156 valence electrons. The lowest BCUT2D eigenvalue weighted by Crippen LogP contribution is -2.45. The molecule has 30 heavy (non-hydrogen) atoms. The van der Waals surface area contributed by atoms with Crippen LogP contribution in [0.15, 0.2) is 58.3 Å². The van der Waals surface area contributed by atoms with E-state index in [2.05, 4.69) is 25.2 Å². The highest BCUT2D eigenvalue weighted by Gasteiger charge is 2.28. The van der Waals surface area contributed by atoms with Gasteiger partial charge < -0.3 is 10.1 Å². The average molecular weight is 423 g/mol. The normalized spacial score (nSPS) is 20.8. The number of rotatable bonds is 6. The Morgan fingerprint density at radius 2 is 1.80 bits per heavy atom. The highest BCUT2D eigenvalue weighted by atomic mass is 32.2. The van der Waals surface area contributed by atoms with Gasteiger partial charge >= 0.3 is 5.97 Å². The lowest BCUT2D eigenvalue weighted by molar-refractivity contribution is -0.125. The van der Waals surface area contributed by atoms with Crippen LogP contribution < -0.4 is 5.32 Å². The van der Waals surface area contributed by atoms with Crippen molar-refractivity contribution in [3.8, 4) is 6.07 Å². The fourth-order valence-corrected chi connectivity index (χ4v) is 4.75.